The van der Waals surface area contributed by atoms with Gasteiger partial charge >= 0.3 is 0 Å². The Labute approximate surface area is 110 Å². The van der Waals surface area contributed by atoms with E-state index in [1.807, 2.05) is 36.1 Å². The molecule has 4 heteroatoms. The molecule has 0 radical (unpaired) electrons. The molecule has 1 unspecified atom stereocenters. The maximum atomic E-state index is 11.9. The van der Waals surface area contributed by atoms with E-state index in [4.69, 9.17) is 4.74 Å². The minimum absolute atomic E-state index is 0.197. The predicted molar refractivity (Wildman–Crippen MR) is 71.9 cm³/mol. The topological polar surface area (TPSA) is 29.5 Å². The average molecular weight is 298 g/mol. The predicted octanol–water partition coefficient (Wildman–Crippen LogP) is 2.83. The Kier molecular flexibility index (Phi) is 4.05. The number of halogens is 1. The Balaban J connectivity index is 2.16. The van der Waals surface area contributed by atoms with Crippen LogP contribution < -0.4 is 9.64 Å². The van der Waals surface area contributed by atoms with Crippen LogP contribution in [0.5, 0.6) is 5.75 Å². The zero-order valence-electron chi connectivity index (χ0n) is 9.86. The largest absolute Gasteiger partial charge is 0.494 e. The van der Waals surface area contributed by atoms with E-state index in [0.29, 0.717) is 18.9 Å². The molecule has 0 N–H and O–H groups in total. The Bertz CT molecular complexity index is 408. The zero-order chi connectivity index (χ0) is 12.3. The summed E-state index contributed by atoms with van der Waals surface area (Å²) in [5, 5.41) is 0.875. The third kappa shape index (κ3) is 2.80. The molecule has 92 valence electrons. The Hall–Kier alpha value is -1.03. The minimum Gasteiger partial charge on any atom is -0.494 e. The van der Waals surface area contributed by atoms with E-state index < -0.39 is 0 Å². The first-order chi connectivity index (χ1) is 8.24. The highest BCUT2D eigenvalue weighted by atomic mass is 79.9. The van der Waals surface area contributed by atoms with E-state index in [2.05, 4.69) is 15.9 Å². The number of hydrogen-bond donors (Lipinski definition) is 0. The van der Waals surface area contributed by atoms with Gasteiger partial charge in [0.2, 0.25) is 5.91 Å². The van der Waals surface area contributed by atoms with E-state index in [1.165, 1.54) is 0 Å². The molecule has 3 nitrogen and oxygen atoms in total. The van der Waals surface area contributed by atoms with Crippen molar-refractivity contribution in [2.75, 3.05) is 23.4 Å². The fourth-order valence-electron chi connectivity index (χ4n) is 2.04. The number of rotatable bonds is 4. The molecule has 2 rings (SSSR count). The first kappa shape index (κ1) is 12.4. The first-order valence-electron chi connectivity index (χ1n) is 5.83. The summed E-state index contributed by atoms with van der Waals surface area (Å²) in [4.78, 5) is 13.7. The highest BCUT2D eigenvalue weighted by Gasteiger charge is 2.29. The van der Waals surface area contributed by atoms with Gasteiger partial charge in [-0.2, -0.15) is 0 Å². The van der Waals surface area contributed by atoms with Crippen LogP contribution in [0.15, 0.2) is 24.3 Å². The lowest BCUT2D eigenvalue weighted by Crippen LogP contribution is -2.24. The highest BCUT2D eigenvalue weighted by Crippen LogP contribution is 2.28. The molecule has 1 atom stereocenters. The number of anilines is 1. The highest BCUT2D eigenvalue weighted by molar-refractivity contribution is 9.09. The molecular formula is C13H16BrNO2. The van der Waals surface area contributed by atoms with Crippen LogP contribution in [-0.2, 0) is 4.79 Å². The summed E-state index contributed by atoms with van der Waals surface area (Å²) in [5.74, 6) is 1.43. The van der Waals surface area contributed by atoms with Crippen LogP contribution in [0.25, 0.3) is 0 Å². The maximum Gasteiger partial charge on any atom is 0.227 e. The average Bonchev–Trinajstić information content (AvgIpc) is 2.71. The molecule has 0 aliphatic carbocycles. The number of hydrogen-bond acceptors (Lipinski definition) is 2. The van der Waals surface area contributed by atoms with E-state index >= 15 is 0 Å². The molecule has 1 aromatic carbocycles. The van der Waals surface area contributed by atoms with E-state index in [-0.39, 0.29) is 5.91 Å². The normalized spacial score (nSPS) is 19.8. The number of benzene rings is 1. The second-order valence-corrected chi connectivity index (χ2v) is 4.81. The maximum absolute atomic E-state index is 11.9. The molecule has 1 aliphatic rings. The third-order valence-electron chi connectivity index (χ3n) is 2.86. The van der Waals surface area contributed by atoms with Crippen LogP contribution in [-0.4, -0.2) is 24.4 Å². The van der Waals surface area contributed by atoms with Crippen molar-refractivity contribution < 1.29 is 9.53 Å². The van der Waals surface area contributed by atoms with Gasteiger partial charge in [0.05, 0.1) is 6.61 Å². The number of nitrogens with zero attached hydrogens (tertiary/aromatic N) is 1. The minimum atomic E-state index is 0.197. The number of carbonyl (C=O) groups is 1. The molecule has 1 fully saturated rings. The standard InChI is InChI=1S/C13H16BrNO2/c1-2-17-12-5-3-4-11(7-12)15-9-10(8-14)6-13(15)16/h3-5,7,10H,2,6,8-9H2,1H3. The summed E-state index contributed by atoms with van der Waals surface area (Å²) < 4.78 is 5.45. The smallest absolute Gasteiger partial charge is 0.227 e. The summed E-state index contributed by atoms with van der Waals surface area (Å²) in [6, 6.07) is 7.72. The fraction of sp³-hybridized carbons (Fsp3) is 0.462. The van der Waals surface area contributed by atoms with Crippen LogP contribution in [0.1, 0.15) is 13.3 Å². The fourth-order valence-corrected chi connectivity index (χ4v) is 2.48. The Morgan fingerprint density at radius 1 is 1.53 bits per heavy atom. The van der Waals surface area contributed by atoms with Crippen molar-refractivity contribution in [1.82, 2.24) is 0 Å². The van der Waals surface area contributed by atoms with Crippen molar-refractivity contribution in [3.05, 3.63) is 24.3 Å². The molecule has 1 saturated heterocycles. The third-order valence-corrected chi connectivity index (χ3v) is 3.78. The van der Waals surface area contributed by atoms with Crippen LogP contribution in [0, 0.1) is 5.92 Å². The Morgan fingerprint density at radius 2 is 2.35 bits per heavy atom. The quantitative estimate of drug-likeness (QED) is 0.800. The molecule has 17 heavy (non-hydrogen) atoms. The lowest BCUT2D eigenvalue weighted by atomic mass is 10.2. The molecule has 1 aliphatic heterocycles. The second-order valence-electron chi connectivity index (χ2n) is 4.16. The number of alkyl halides is 1. The summed E-state index contributed by atoms with van der Waals surface area (Å²) in [7, 11) is 0. The van der Waals surface area contributed by atoms with Gasteiger partial charge in [0.15, 0.2) is 0 Å². The van der Waals surface area contributed by atoms with Gasteiger partial charge < -0.3 is 9.64 Å². The molecule has 0 aromatic heterocycles. The van der Waals surface area contributed by atoms with Crippen LogP contribution in [0.4, 0.5) is 5.69 Å². The molecule has 0 saturated carbocycles. The molecule has 0 bridgehead atoms. The van der Waals surface area contributed by atoms with Gasteiger partial charge in [-0.3, -0.25) is 4.79 Å². The van der Waals surface area contributed by atoms with E-state index in [1.54, 1.807) is 0 Å². The van der Waals surface area contributed by atoms with Crippen molar-refractivity contribution in [2.24, 2.45) is 5.92 Å². The summed E-state index contributed by atoms with van der Waals surface area (Å²) in [5.41, 5.74) is 0.935. The first-order valence-corrected chi connectivity index (χ1v) is 6.96. The molecule has 1 amide bonds. The van der Waals surface area contributed by atoms with Crippen molar-refractivity contribution in [2.45, 2.75) is 13.3 Å². The van der Waals surface area contributed by atoms with E-state index in [0.717, 1.165) is 23.3 Å². The van der Waals surface area contributed by atoms with Crippen molar-refractivity contribution in [3.63, 3.8) is 0 Å². The molecule has 0 spiro atoms. The van der Waals surface area contributed by atoms with Crippen molar-refractivity contribution >= 4 is 27.5 Å². The summed E-state index contributed by atoms with van der Waals surface area (Å²) in [6.45, 7) is 3.38. The van der Waals surface area contributed by atoms with Crippen LogP contribution in [0.2, 0.25) is 0 Å². The lowest BCUT2D eigenvalue weighted by molar-refractivity contribution is -0.117. The van der Waals surface area contributed by atoms with Crippen molar-refractivity contribution in [1.29, 1.82) is 0 Å². The number of ether oxygens (including phenoxy) is 1. The molecular weight excluding hydrogens is 282 g/mol. The van der Waals surface area contributed by atoms with Gasteiger partial charge in [0.25, 0.3) is 0 Å². The molecule has 1 heterocycles. The SMILES string of the molecule is CCOc1cccc(N2CC(CBr)CC2=O)c1. The zero-order valence-corrected chi connectivity index (χ0v) is 11.4. The Morgan fingerprint density at radius 3 is 3.00 bits per heavy atom. The van der Waals surface area contributed by atoms with Crippen LogP contribution in [0.3, 0.4) is 0 Å². The van der Waals surface area contributed by atoms with Gasteiger partial charge in [0, 0.05) is 30.0 Å². The number of amides is 1. The van der Waals surface area contributed by atoms with Gasteiger partial charge in [-0.1, -0.05) is 22.0 Å². The molecule has 1 aromatic rings. The second kappa shape index (κ2) is 5.54. The summed E-state index contributed by atoms with van der Waals surface area (Å²) >= 11 is 3.44. The van der Waals surface area contributed by atoms with E-state index in [9.17, 15) is 4.79 Å². The monoisotopic (exact) mass is 297 g/mol. The lowest BCUT2D eigenvalue weighted by Gasteiger charge is -2.17. The van der Waals surface area contributed by atoms with Gasteiger partial charge in [-0.15, -0.1) is 0 Å². The number of carbonyl (C=O) groups excluding carboxylic acids is 1. The van der Waals surface area contributed by atoms with Gasteiger partial charge in [-0.25, -0.2) is 0 Å². The van der Waals surface area contributed by atoms with Crippen molar-refractivity contribution in [3.8, 4) is 5.75 Å². The van der Waals surface area contributed by atoms with Gasteiger partial charge in [-0.05, 0) is 25.0 Å². The van der Waals surface area contributed by atoms with Gasteiger partial charge in [0.1, 0.15) is 5.75 Å². The van der Waals surface area contributed by atoms with Crippen LogP contribution >= 0.6 is 15.9 Å². The summed E-state index contributed by atoms with van der Waals surface area (Å²) in [6.07, 6.45) is 0.629.